The predicted molar refractivity (Wildman–Crippen MR) is 400 cm³/mol. The molecule has 1 aromatic rings. The zero-order valence-corrected chi connectivity index (χ0v) is 68.3. The molecule has 0 unspecified atom stereocenters. The Bertz CT molecular complexity index is 3760. The molecule has 0 aromatic heterocycles. The van der Waals surface area contributed by atoms with Crippen molar-refractivity contribution in [1.82, 2.24) is 0 Å². The first-order valence-corrected chi connectivity index (χ1v) is 41.4. The van der Waals surface area contributed by atoms with Crippen LogP contribution in [0.4, 0.5) is 0 Å². The summed E-state index contributed by atoms with van der Waals surface area (Å²) < 4.78 is 94.4. The second-order valence-corrected chi connectivity index (χ2v) is 36.8. The van der Waals surface area contributed by atoms with Crippen molar-refractivity contribution < 1.29 is 192 Å². The number of allylic oxidation sites excluding steroid dienone is 2. The fraction of sp³-hybridized carbons (Fsp3) is 0.840. The third-order valence-electron chi connectivity index (χ3n) is 28.9. The average Bonchev–Trinajstić information content (AvgIpc) is 0.672. The lowest BCUT2D eigenvalue weighted by molar-refractivity contribution is -0.383. The molecule has 5 aliphatic carbocycles. The van der Waals surface area contributed by atoms with Gasteiger partial charge in [-0.15, -0.1) is 0 Å². The van der Waals surface area contributed by atoms with Crippen LogP contribution >= 0.6 is 0 Å². The minimum absolute atomic E-state index is 0.00905. The summed E-state index contributed by atoms with van der Waals surface area (Å²) >= 11 is 0. The number of carbonyl (C=O) groups excluding carboxylic acids is 3. The summed E-state index contributed by atoms with van der Waals surface area (Å²) in [6.45, 7) is 13.6. The van der Waals surface area contributed by atoms with Gasteiger partial charge < -0.3 is 178 Å². The summed E-state index contributed by atoms with van der Waals surface area (Å²) in [5.41, 5.74) is -2.34. The number of benzene rings is 1. The van der Waals surface area contributed by atoms with Gasteiger partial charge in [0.15, 0.2) is 49.2 Å². The fourth-order valence-electron chi connectivity index (χ4n) is 21.4. The average molecular weight is 1720 g/mol. The van der Waals surface area contributed by atoms with Crippen LogP contribution < -0.4 is 0 Å². The lowest BCUT2D eigenvalue weighted by Crippen LogP contribution is -2.67. The molecule has 4 saturated carbocycles. The highest BCUT2D eigenvalue weighted by atomic mass is 16.8. The van der Waals surface area contributed by atoms with E-state index in [1.807, 2.05) is 6.92 Å². The highest BCUT2D eigenvalue weighted by Gasteiger charge is 2.71. The Morgan fingerprint density at radius 3 is 1.75 bits per heavy atom. The molecule has 0 bridgehead atoms. The molecular formula is C81H122O39. The lowest BCUT2D eigenvalue weighted by Gasteiger charge is -2.71. The van der Waals surface area contributed by atoms with Crippen LogP contribution in [0.2, 0.25) is 0 Å². The Kier molecular flexibility index (Phi) is 28.2. The number of rotatable bonds is 22. The Morgan fingerprint density at radius 1 is 0.500 bits per heavy atom. The minimum atomic E-state index is -2.02. The van der Waals surface area contributed by atoms with Crippen LogP contribution in [-0.2, 0) is 90.2 Å². The number of aromatic hydroxyl groups is 2. The van der Waals surface area contributed by atoms with E-state index in [0.717, 1.165) is 18.6 Å². The predicted octanol–water partition coefficient (Wildman–Crippen LogP) is -4.01. The second-order valence-electron chi connectivity index (χ2n) is 36.8. The van der Waals surface area contributed by atoms with Crippen LogP contribution in [0, 0.1) is 50.2 Å². The number of aliphatic hydroxyl groups excluding tert-OH is 18. The van der Waals surface area contributed by atoms with Gasteiger partial charge in [-0.05, 0) is 141 Å². The summed E-state index contributed by atoms with van der Waals surface area (Å²) in [4.78, 5) is 40.1. The molecule has 680 valence electrons. The summed E-state index contributed by atoms with van der Waals surface area (Å²) in [5.74, 6) is -3.80. The van der Waals surface area contributed by atoms with Gasteiger partial charge in [0.25, 0.3) is 0 Å². The van der Waals surface area contributed by atoms with E-state index in [9.17, 15) is 112 Å². The molecule has 11 fully saturated rings. The standard InChI is InChI=1S/C81H122O39/c1-32-49(88)55(94)60(99)70(110-32)117-65-44(30-105-34(3)83)115-68(63(102)58(65)97)108-28-42-53(92)57(96)62(101)72(114-42)120-75(104)81-22-20-76(4,5)25-37(81)36-12-14-46-77(6)18-17-47(78(7,31-82)45(77)16-19-80(46,9)79(36,8)21-23-81)116-74-67(51(90)40(86)26-107-74)119-73-64(103)66(50(89)33(2)111-73)118-69-59(98)54(93)43(29-109-69)113-71-61(100)56(95)52(91)41(112-71)27-106-48(87)15-11-35-10-13-38(84)39(85)24-35/h10-13,15,24,32-33,37,40-47,49-74,82,84-86,88-103H,14,16-23,25-31H2,1-9H3/t32-,33-,37-,40-,41+,42+,43+,44+,45+,46+,47-,49-,50-,51-,52+,53+,54-,55+,56-,57-,58+,59+,60+,61+,62+,63+,64+,65+,66+,67+,68+,69-,70-,71-,72-,73-,74-,77-,78-,79+,80+,81-/m0/s1. The summed E-state index contributed by atoms with van der Waals surface area (Å²) in [6.07, 6.45) is -47.8. The molecule has 7 saturated heterocycles. The Hall–Kier alpha value is -4.53. The van der Waals surface area contributed by atoms with Gasteiger partial charge in [-0.2, -0.15) is 0 Å². The van der Waals surface area contributed by atoms with E-state index >= 15 is 4.79 Å². The molecule has 0 radical (unpaired) electrons. The summed E-state index contributed by atoms with van der Waals surface area (Å²) in [6, 6.07) is 3.77. The highest BCUT2D eigenvalue weighted by Crippen LogP contribution is 2.76. The Balaban J connectivity index is 0.645. The number of hydrogen-bond acceptors (Lipinski definition) is 39. The molecule has 20 N–H and O–H groups in total. The van der Waals surface area contributed by atoms with Crippen LogP contribution in [0.15, 0.2) is 35.9 Å². The molecule has 1 aromatic carbocycles. The molecule has 12 aliphatic rings. The molecule has 42 atom stereocenters. The van der Waals surface area contributed by atoms with E-state index in [0.29, 0.717) is 69.8 Å². The number of fused-ring (bicyclic) bond motifs is 7. The van der Waals surface area contributed by atoms with E-state index in [1.54, 1.807) is 0 Å². The van der Waals surface area contributed by atoms with E-state index in [2.05, 4.69) is 40.7 Å². The van der Waals surface area contributed by atoms with Gasteiger partial charge in [0.05, 0.1) is 50.2 Å². The molecule has 0 spiro atoms. The maximum absolute atomic E-state index is 15.5. The van der Waals surface area contributed by atoms with Crippen molar-refractivity contribution in [3.63, 3.8) is 0 Å². The van der Waals surface area contributed by atoms with E-state index in [1.165, 1.54) is 38.1 Å². The van der Waals surface area contributed by atoms with Crippen molar-refractivity contribution in [2.75, 3.05) is 39.6 Å². The van der Waals surface area contributed by atoms with Crippen molar-refractivity contribution in [2.45, 2.75) is 335 Å². The first-order valence-electron chi connectivity index (χ1n) is 41.4. The maximum Gasteiger partial charge on any atom is 0.330 e. The quantitative estimate of drug-likeness (QED) is 0.0131. The van der Waals surface area contributed by atoms with Gasteiger partial charge >= 0.3 is 17.9 Å². The molecular weight excluding hydrogens is 1600 g/mol. The SMILES string of the molecule is CC(=O)OC[C@H]1O[C@@H](OC[C@H]2O[C@@H](OC(=O)[C@]34CCC(C)(C)C[C@H]3C3=CC[C@@H]5[C@@]6(C)CC[C@H](O[C@@H]7OC[C@H](O)[C@H](O)[C@H]7O[C@@H]7O[C@@H](C)[C@H](O)[C@@H](O[C@@H]8OC[C@@H](O[C@@H]9O[C@H](COC(=O)C=Cc%10ccc(O)c(O)c%10)[C@@H](O)[C@H](O)[C@H]9O)[C@H](O)[C@H]8O)[C@H]7O)[C@@](C)(CO)[C@@H]6CC[C@@]5(C)[C@]3(C)CC4)[C@H](O)[C@@H](O)[C@@H]2O)[C@H](O)[C@@H](O)[C@@H]1O[C@@H]1O[C@@H](C)[C@H](O)[C@@H](O)[C@H]1O. The first kappa shape index (κ1) is 93.1. The van der Waals surface area contributed by atoms with Gasteiger partial charge in [-0.25, -0.2) is 4.79 Å². The topological polar surface area (TPSA) is 603 Å². The van der Waals surface area contributed by atoms with Gasteiger partial charge in [-0.3, -0.25) is 9.59 Å². The zero-order chi connectivity index (χ0) is 87.3. The fourth-order valence-corrected chi connectivity index (χ4v) is 21.4. The van der Waals surface area contributed by atoms with Crippen molar-refractivity contribution in [3.05, 3.63) is 41.5 Å². The van der Waals surface area contributed by atoms with E-state index in [-0.39, 0.29) is 35.5 Å². The van der Waals surface area contributed by atoms with Gasteiger partial charge in [0.2, 0.25) is 6.29 Å². The maximum atomic E-state index is 15.5. The molecule has 120 heavy (non-hydrogen) atoms. The number of hydrogen-bond donors (Lipinski definition) is 20. The number of aliphatic hydroxyl groups is 18. The monoisotopic (exact) mass is 1720 g/mol. The smallest absolute Gasteiger partial charge is 0.330 e. The van der Waals surface area contributed by atoms with Gasteiger partial charge in [-0.1, -0.05) is 59.3 Å². The molecule has 0 amide bonds. The largest absolute Gasteiger partial charge is 0.504 e. The van der Waals surface area contributed by atoms with Gasteiger partial charge in [0.1, 0.15) is 160 Å². The van der Waals surface area contributed by atoms with Crippen LogP contribution in [0.1, 0.15) is 132 Å². The second kappa shape index (κ2) is 36.3. The Morgan fingerprint density at radius 2 is 1.07 bits per heavy atom. The number of esters is 3. The highest BCUT2D eigenvalue weighted by molar-refractivity contribution is 5.87. The van der Waals surface area contributed by atoms with Crippen LogP contribution in [0.25, 0.3) is 6.08 Å². The van der Waals surface area contributed by atoms with Crippen molar-refractivity contribution in [2.24, 2.45) is 50.2 Å². The first-order chi connectivity index (χ1) is 56.4. The van der Waals surface area contributed by atoms with Crippen molar-refractivity contribution in [3.8, 4) is 11.5 Å². The van der Waals surface area contributed by atoms with Crippen LogP contribution in [0.3, 0.4) is 0 Å². The number of ether oxygens (including phenoxy) is 16. The van der Waals surface area contributed by atoms with Crippen molar-refractivity contribution >= 4 is 24.0 Å². The molecule has 7 heterocycles. The number of phenolic OH excluding ortho intramolecular Hbond substituents is 2. The molecule has 7 aliphatic heterocycles. The third kappa shape index (κ3) is 17.5. The number of phenols is 2. The molecule has 39 heteroatoms. The lowest BCUT2D eigenvalue weighted by atomic mass is 9.33. The molecule has 13 rings (SSSR count). The molecule has 39 nitrogen and oxygen atoms in total. The van der Waals surface area contributed by atoms with E-state index in [4.69, 9.17) is 75.8 Å². The van der Waals surface area contributed by atoms with Crippen LogP contribution in [-0.4, -0.2) is 369 Å². The van der Waals surface area contributed by atoms with Gasteiger partial charge in [0, 0.05) is 18.4 Å². The normalized spacial score (nSPS) is 49.7. The minimum Gasteiger partial charge on any atom is -0.504 e. The summed E-state index contributed by atoms with van der Waals surface area (Å²) in [5, 5.41) is 222. The summed E-state index contributed by atoms with van der Waals surface area (Å²) in [7, 11) is 0. The Labute approximate surface area is 692 Å². The van der Waals surface area contributed by atoms with Crippen molar-refractivity contribution in [1.29, 1.82) is 0 Å². The zero-order valence-electron chi connectivity index (χ0n) is 68.3. The van der Waals surface area contributed by atoms with E-state index < -0.39 is 293 Å². The number of carbonyl (C=O) groups is 3. The van der Waals surface area contributed by atoms with Crippen LogP contribution in [0.5, 0.6) is 11.5 Å². The third-order valence-corrected chi connectivity index (χ3v) is 28.9.